The topological polar surface area (TPSA) is 323 Å². The predicted octanol–water partition coefficient (Wildman–Crippen LogP) is 5.11. The fourth-order valence-corrected chi connectivity index (χ4v) is 10.5. The maximum absolute atomic E-state index is 14.1. The molecule has 524 valence electrons. The van der Waals surface area contributed by atoms with E-state index in [0.29, 0.717) is 36.8 Å². The summed E-state index contributed by atoms with van der Waals surface area (Å²) in [6.45, 7) is 22.8. The van der Waals surface area contributed by atoms with Gasteiger partial charge in [0, 0.05) is 60.1 Å². The van der Waals surface area contributed by atoms with Gasteiger partial charge < -0.3 is 57.8 Å². The van der Waals surface area contributed by atoms with Gasteiger partial charge in [0.15, 0.2) is 43.7 Å². The summed E-state index contributed by atoms with van der Waals surface area (Å²) in [5.41, 5.74) is 1.42. The third-order valence-electron chi connectivity index (χ3n) is 17.5. The molecule has 16 atom stereocenters. The van der Waals surface area contributed by atoms with Crippen LogP contribution in [0.15, 0.2) is 60.7 Å². The summed E-state index contributed by atoms with van der Waals surface area (Å²) in [5, 5.41) is 8.81. The summed E-state index contributed by atoms with van der Waals surface area (Å²) in [6, 6.07) is 11.2. The van der Waals surface area contributed by atoms with Crippen molar-refractivity contribution in [3.8, 4) is 0 Å². The van der Waals surface area contributed by atoms with Crippen LogP contribution in [0.5, 0.6) is 0 Å². The molecule has 0 aliphatic carbocycles. The molecule has 2 aliphatic heterocycles. The van der Waals surface area contributed by atoms with Gasteiger partial charge in [0.1, 0.15) is 36.3 Å². The normalized spacial score (nSPS) is 27.2. The van der Waals surface area contributed by atoms with Crippen molar-refractivity contribution in [3.05, 3.63) is 81.9 Å². The largest absolute Gasteiger partial charge is 0.451 e. The second-order valence-electron chi connectivity index (χ2n) is 24.4. The second-order valence-corrected chi connectivity index (χ2v) is 24.4. The molecule has 2 aliphatic rings. The molecule has 2 aromatic rings. The second kappa shape index (κ2) is 38.0. The Bertz CT molecular complexity index is 2730. The van der Waals surface area contributed by atoms with Gasteiger partial charge in [-0.25, -0.2) is 28.8 Å². The van der Waals surface area contributed by atoms with Crippen LogP contribution in [0.25, 0.3) is 0 Å². The standard InChI is InChI=1S/2C33H49N3O9.CH3NO2/c2*1-11-19(3)26-32(41)44-22(6)28(37)34(8)21(5)31(40)43-23(7)29(38)35(9)27(20(4)12-2)33(42)45-25(30(39)36(26)10)18-24-16-14-13-15-17-24;1-2(3)4/h2*13-17,19-23,25-27H,11-12,18H2,1-10H3;1H3/t2*19?,20?,21-,22+,23+,25+,26-,27-;/m00./s1. The number of ether oxygens (including phenoxy) is 6. The molecular formula is C67H101N7O20. The van der Waals surface area contributed by atoms with Crippen molar-refractivity contribution in [2.24, 2.45) is 23.7 Å². The van der Waals surface area contributed by atoms with Crippen molar-refractivity contribution in [2.75, 3.05) is 49.3 Å². The van der Waals surface area contributed by atoms with E-state index in [9.17, 15) is 57.5 Å². The SMILES string of the molecule is CCC(C)[C@H]1C(=O)O[C@H](Cc2ccccc2)C(=O)N(C)[C@@H](C(C)CC)C(=O)O[C@H](C)C(=O)N(C)[C@@H](C)C(=O)O[C@H](C)C(=O)N1C.CCC(C)[C@H]1C(=O)O[C@H](Cc2ccccc2)C(=O)N(C)[C@@H](C(C)CC)C(=O)O[C@H](C)C(=O)N(C)[C@@H](C)C(=O)O[C@H](C)C(=O)N1C.C[N+](=O)[O-]. The molecule has 6 amide bonds. The van der Waals surface area contributed by atoms with E-state index in [2.05, 4.69) is 0 Å². The zero-order valence-corrected chi connectivity index (χ0v) is 58.5. The minimum Gasteiger partial charge on any atom is -0.451 e. The molecule has 0 saturated carbocycles. The summed E-state index contributed by atoms with van der Waals surface area (Å²) in [6.07, 6.45) is -5.91. The average molecular weight is 1320 g/mol. The van der Waals surface area contributed by atoms with Gasteiger partial charge in [-0.15, -0.1) is 0 Å². The van der Waals surface area contributed by atoms with Crippen molar-refractivity contribution in [1.29, 1.82) is 0 Å². The lowest BCUT2D eigenvalue weighted by Gasteiger charge is -2.36. The molecule has 2 aromatic carbocycles. The van der Waals surface area contributed by atoms with Crippen LogP contribution in [0.3, 0.4) is 0 Å². The van der Waals surface area contributed by atoms with E-state index in [-0.39, 0.29) is 12.8 Å². The van der Waals surface area contributed by atoms with E-state index in [1.165, 1.54) is 103 Å². The fraction of sp³-hybridized carbons (Fsp3) is 0.642. The smallest absolute Gasteiger partial charge is 0.329 e. The van der Waals surface area contributed by atoms with Crippen LogP contribution in [0, 0.1) is 33.8 Å². The molecular weight excluding hydrogens is 1220 g/mol. The molecule has 4 unspecified atom stereocenters. The van der Waals surface area contributed by atoms with Crippen LogP contribution in [0.4, 0.5) is 0 Å². The number of hydrogen-bond donors (Lipinski definition) is 0. The molecule has 4 rings (SSSR count). The molecule has 2 heterocycles. The Hall–Kier alpha value is -8.52. The highest BCUT2D eigenvalue weighted by Crippen LogP contribution is 2.26. The Morgan fingerprint density at radius 2 is 0.564 bits per heavy atom. The maximum Gasteiger partial charge on any atom is 0.329 e. The Morgan fingerprint density at radius 1 is 0.362 bits per heavy atom. The summed E-state index contributed by atoms with van der Waals surface area (Å²) in [7, 11) is 9.31. The van der Waals surface area contributed by atoms with Crippen molar-refractivity contribution in [2.45, 2.75) is 208 Å². The monoisotopic (exact) mass is 1320 g/mol. The lowest BCUT2D eigenvalue weighted by atomic mass is 9.96. The van der Waals surface area contributed by atoms with E-state index in [4.69, 9.17) is 38.5 Å². The quantitative estimate of drug-likeness (QED) is 0.115. The molecule has 2 saturated heterocycles. The van der Waals surface area contributed by atoms with Gasteiger partial charge in [0.25, 0.3) is 35.4 Å². The van der Waals surface area contributed by atoms with Crippen LogP contribution < -0.4 is 0 Å². The number of cyclic esters (lactones) is 6. The van der Waals surface area contributed by atoms with Crippen molar-refractivity contribution < 1.29 is 90.9 Å². The van der Waals surface area contributed by atoms with Crippen LogP contribution in [-0.4, -0.2) is 228 Å². The fourth-order valence-electron chi connectivity index (χ4n) is 10.5. The van der Waals surface area contributed by atoms with Gasteiger partial charge in [0.2, 0.25) is 0 Å². The average Bonchev–Trinajstić information content (AvgIpc) is 0.839. The zero-order valence-electron chi connectivity index (χ0n) is 58.5. The molecule has 2 fully saturated rings. The third kappa shape index (κ3) is 22.3. The molecule has 94 heavy (non-hydrogen) atoms. The van der Waals surface area contributed by atoms with E-state index < -0.39 is 173 Å². The predicted molar refractivity (Wildman–Crippen MR) is 344 cm³/mol. The first-order valence-corrected chi connectivity index (χ1v) is 31.9. The van der Waals surface area contributed by atoms with Crippen molar-refractivity contribution in [3.63, 3.8) is 0 Å². The highest BCUT2D eigenvalue weighted by Gasteiger charge is 2.45. The molecule has 0 N–H and O–H groups in total. The first-order chi connectivity index (χ1) is 43.9. The number of esters is 6. The Balaban J connectivity index is 0.000000605. The minimum absolute atomic E-state index is 0.00843. The number of benzene rings is 2. The number of rotatable bonds is 12. The highest BCUT2D eigenvalue weighted by molar-refractivity contribution is 5.96. The van der Waals surface area contributed by atoms with Crippen molar-refractivity contribution in [1.82, 2.24) is 29.4 Å². The van der Waals surface area contributed by atoms with Gasteiger partial charge in [0.05, 0.1) is 0 Å². The van der Waals surface area contributed by atoms with E-state index in [0.717, 1.165) is 16.8 Å². The number of amides is 6. The summed E-state index contributed by atoms with van der Waals surface area (Å²) < 4.78 is 33.8. The molecule has 0 aromatic heterocycles. The van der Waals surface area contributed by atoms with Gasteiger partial charge in [-0.2, -0.15) is 0 Å². The number of likely N-dealkylation sites (N-methyl/N-ethyl adjacent to an activating group) is 6. The number of carbonyl (C=O) groups is 12. The zero-order chi connectivity index (χ0) is 71.9. The van der Waals surface area contributed by atoms with Crippen LogP contribution in [0.2, 0.25) is 0 Å². The lowest BCUT2D eigenvalue weighted by Crippen LogP contribution is -2.56. The highest BCUT2D eigenvalue weighted by atomic mass is 16.6. The summed E-state index contributed by atoms with van der Waals surface area (Å²) in [5.74, 6) is -10.5. The minimum atomic E-state index is -1.35. The van der Waals surface area contributed by atoms with Gasteiger partial charge in [-0.3, -0.25) is 38.9 Å². The van der Waals surface area contributed by atoms with Gasteiger partial charge in [-0.05, 0) is 76.3 Å². The Morgan fingerprint density at radius 3 is 0.798 bits per heavy atom. The number of hydrogen-bond acceptors (Lipinski definition) is 20. The molecule has 27 nitrogen and oxygen atoms in total. The number of carbonyl (C=O) groups excluding carboxylic acids is 12. The van der Waals surface area contributed by atoms with Gasteiger partial charge >= 0.3 is 35.8 Å². The molecule has 0 bridgehead atoms. The first-order valence-electron chi connectivity index (χ1n) is 31.9. The lowest BCUT2D eigenvalue weighted by molar-refractivity contribution is -0.445. The van der Waals surface area contributed by atoms with E-state index >= 15 is 0 Å². The molecule has 27 heteroatoms. The third-order valence-corrected chi connectivity index (χ3v) is 17.5. The van der Waals surface area contributed by atoms with Crippen LogP contribution >= 0.6 is 0 Å². The summed E-state index contributed by atoms with van der Waals surface area (Å²) >= 11 is 0. The van der Waals surface area contributed by atoms with Crippen LogP contribution in [-0.2, 0) is 98.8 Å². The Labute approximate surface area is 552 Å². The first kappa shape index (κ1) is 81.6. The van der Waals surface area contributed by atoms with E-state index in [1.807, 2.05) is 39.8 Å². The van der Waals surface area contributed by atoms with Gasteiger partial charge in [-0.1, -0.05) is 142 Å². The maximum atomic E-state index is 14.1. The number of nitro groups is 1. The van der Waals surface area contributed by atoms with Crippen LogP contribution in [0.1, 0.15) is 134 Å². The van der Waals surface area contributed by atoms with E-state index in [1.54, 1.807) is 76.2 Å². The molecule has 0 radical (unpaired) electrons. The summed E-state index contributed by atoms with van der Waals surface area (Å²) in [4.78, 5) is 178. The molecule has 0 spiro atoms. The Kier molecular flexibility index (Phi) is 33.0. The van der Waals surface area contributed by atoms with Crippen molar-refractivity contribution >= 4 is 71.3 Å². The number of nitrogens with zero attached hydrogens (tertiary/aromatic N) is 7.